The van der Waals surface area contributed by atoms with E-state index in [-0.39, 0.29) is 12.1 Å². The standard InChI is InChI=1S/C17H21NO/c1-13(15-9-5-3-6-10-15)18-14(2)17(19)16-11-7-4-8-12-16/h3-14,17-19H,1-2H3/t13-,14+,17-/m1/s1. The molecule has 0 aromatic heterocycles. The van der Waals surface area contributed by atoms with Crippen LogP contribution in [0.2, 0.25) is 0 Å². The third kappa shape index (κ3) is 3.66. The van der Waals surface area contributed by atoms with Crippen LogP contribution in [0.3, 0.4) is 0 Å². The normalized spacial score (nSPS) is 15.7. The van der Waals surface area contributed by atoms with Gasteiger partial charge in [-0.15, -0.1) is 0 Å². The monoisotopic (exact) mass is 255 g/mol. The molecule has 0 amide bonds. The maximum Gasteiger partial charge on any atom is 0.0940 e. The second kappa shape index (κ2) is 6.50. The summed E-state index contributed by atoms with van der Waals surface area (Å²) in [5, 5.41) is 13.8. The Kier molecular flexibility index (Phi) is 4.72. The van der Waals surface area contributed by atoms with Crippen LogP contribution in [0.1, 0.15) is 37.1 Å². The molecular weight excluding hydrogens is 234 g/mol. The summed E-state index contributed by atoms with van der Waals surface area (Å²) in [7, 11) is 0. The molecule has 19 heavy (non-hydrogen) atoms. The van der Waals surface area contributed by atoms with Gasteiger partial charge in [-0.3, -0.25) is 0 Å². The highest BCUT2D eigenvalue weighted by atomic mass is 16.3. The lowest BCUT2D eigenvalue weighted by atomic mass is 10.0. The fourth-order valence-electron chi connectivity index (χ4n) is 2.26. The van der Waals surface area contributed by atoms with Crippen molar-refractivity contribution in [3.8, 4) is 0 Å². The van der Waals surface area contributed by atoms with Crippen LogP contribution in [0.25, 0.3) is 0 Å². The summed E-state index contributed by atoms with van der Waals surface area (Å²) in [6.07, 6.45) is -0.493. The first-order chi connectivity index (χ1) is 9.18. The number of aliphatic hydroxyl groups is 1. The molecule has 2 rings (SSSR count). The van der Waals surface area contributed by atoms with Crippen LogP contribution < -0.4 is 5.32 Å². The third-order valence-electron chi connectivity index (χ3n) is 3.43. The summed E-state index contributed by atoms with van der Waals surface area (Å²) in [6, 6.07) is 20.3. The second-order valence-corrected chi connectivity index (χ2v) is 4.94. The van der Waals surface area contributed by atoms with Gasteiger partial charge in [0, 0.05) is 12.1 Å². The van der Waals surface area contributed by atoms with Crippen LogP contribution >= 0.6 is 0 Å². The van der Waals surface area contributed by atoms with Crippen molar-refractivity contribution in [3.63, 3.8) is 0 Å². The molecule has 2 N–H and O–H groups in total. The zero-order chi connectivity index (χ0) is 13.7. The minimum absolute atomic E-state index is 0.00222. The molecule has 0 fully saturated rings. The molecule has 0 saturated carbocycles. The lowest BCUT2D eigenvalue weighted by molar-refractivity contribution is 0.130. The molecule has 0 heterocycles. The van der Waals surface area contributed by atoms with Crippen LogP contribution in [0, 0.1) is 0 Å². The molecule has 2 nitrogen and oxygen atoms in total. The molecule has 0 aliphatic heterocycles. The Morgan fingerprint density at radius 2 is 1.26 bits per heavy atom. The largest absolute Gasteiger partial charge is 0.387 e. The van der Waals surface area contributed by atoms with Crippen molar-refractivity contribution in [2.75, 3.05) is 0 Å². The number of benzene rings is 2. The lowest BCUT2D eigenvalue weighted by Gasteiger charge is -2.25. The molecule has 2 aromatic rings. The number of rotatable bonds is 5. The van der Waals surface area contributed by atoms with E-state index in [1.807, 2.05) is 55.5 Å². The molecule has 0 aliphatic rings. The van der Waals surface area contributed by atoms with Crippen molar-refractivity contribution in [1.29, 1.82) is 0 Å². The maximum absolute atomic E-state index is 10.3. The van der Waals surface area contributed by atoms with Crippen molar-refractivity contribution in [3.05, 3.63) is 71.8 Å². The van der Waals surface area contributed by atoms with Gasteiger partial charge >= 0.3 is 0 Å². The fraction of sp³-hybridized carbons (Fsp3) is 0.294. The van der Waals surface area contributed by atoms with Gasteiger partial charge in [0.15, 0.2) is 0 Å². The van der Waals surface area contributed by atoms with E-state index in [4.69, 9.17) is 0 Å². The topological polar surface area (TPSA) is 32.3 Å². The Morgan fingerprint density at radius 1 is 0.789 bits per heavy atom. The van der Waals surface area contributed by atoms with Crippen molar-refractivity contribution in [2.45, 2.75) is 32.0 Å². The first-order valence-corrected chi connectivity index (χ1v) is 6.72. The Morgan fingerprint density at radius 3 is 1.79 bits per heavy atom. The van der Waals surface area contributed by atoms with Gasteiger partial charge in [0.25, 0.3) is 0 Å². The van der Waals surface area contributed by atoms with Gasteiger partial charge in [0.1, 0.15) is 0 Å². The minimum Gasteiger partial charge on any atom is -0.387 e. The van der Waals surface area contributed by atoms with E-state index >= 15 is 0 Å². The Hall–Kier alpha value is -1.64. The summed E-state index contributed by atoms with van der Waals surface area (Å²) >= 11 is 0. The van der Waals surface area contributed by atoms with E-state index in [9.17, 15) is 5.11 Å². The van der Waals surface area contributed by atoms with Gasteiger partial charge in [-0.25, -0.2) is 0 Å². The first kappa shape index (κ1) is 13.8. The van der Waals surface area contributed by atoms with Crippen molar-refractivity contribution in [2.24, 2.45) is 0 Å². The fourth-order valence-corrected chi connectivity index (χ4v) is 2.26. The first-order valence-electron chi connectivity index (χ1n) is 6.72. The SMILES string of the molecule is C[C@H](N[C@H](C)c1ccccc1)[C@@H](O)c1ccccc1. The van der Waals surface area contributed by atoms with E-state index in [2.05, 4.69) is 24.4 Å². The average Bonchev–Trinajstić information content (AvgIpc) is 2.48. The van der Waals surface area contributed by atoms with Gasteiger partial charge < -0.3 is 10.4 Å². The molecular formula is C17H21NO. The Bertz CT molecular complexity index is 483. The Balaban J connectivity index is 1.99. The predicted octanol–water partition coefficient (Wildman–Crippen LogP) is 3.46. The van der Waals surface area contributed by atoms with Gasteiger partial charge in [-0.2, -0.15) is 0 Å². The zero-order valence-electron chi connectivity index (χ0n) is 11.5. The molecule has 0 saturated heterocycles. The summed E-state index contributed by atoms with van der Waals surface area (Å²) in [4.78, 5) is 0. The van der Waals surface area contributed by atoms with Gasteiger partial charge in [0.05, 0.1) is 6.10 Å². The predicted molar refractivity (Wildman–Crippen MR) is 78.9 cm³/mol. The number of nitrogens with one attached hydrogen (secondary N) is 1. The van der Waals surface area contributed by atoms with Crippen molar-refractivity contribution in [1.82, 2.24) is 5.32 Å². The molecule has 0 bridgehead atoms. The van der Waals surface area contributed by atoms with Crippen LogP contribution in [0.15, 0.2) is 60.7 Å². The van der Waals surface area contributed by atoms with Crippen molar-refractivity contribution < 1.29 is 5.11 Å². The maximum atomic E-state index is 10.3. The van der Waals surface area contributed by atoms with Gasteiger partial charge in [-0.05, 0) is 25.0 Å². The van der Waals surface area contributed by atoms with E-state index in [1.165, 1.54) is 5.56 Å². The lowest BCUT2D eigenvalue weighted by Crippen LogP contribution is -2.34. The number of hydrogen-bond acceptors (Lipinski definition) is 2. The molecule has 0 spiro atoms. The minimum atomic E-state index is -0.493. The highest BCUT2D eigenvalue weighted by Crippen LogP contribution is 2.19. The summed E-state index contributed by atoms with van der Waals surface area (Å²) in [5.41, 5.74) is 2.18. The van der Waals surface area contributed by atoms with Crippen LogP contribution in [0.5, 0.6) is 0 Å². The molecule has 0 aliphatic carbocycles. The van der Waals surface area contributed by atoms with Crippen LogP contribution in [0.4, 0.5) is 0 Å². The number of aliphatic hydroxyl groups excluding tert-OH is 1. The average molecular weight is 255 g/mol. The Labute approximate surface area is 115 Å². The quantitative estimate of drug-likeness (QED) is 0.857. The molecule has 0 unspecified atom stereocenters. The van der Waals surface area contributed by atoms with E-state index in [0.717, 1.165) is 5.56 Å². The van der Waals surface area contributed by atoms with Crippen molar-refractivity contribution >= 4 is 0 Å². The highest BCUT2D eigenvalue weighted by molar-refractivity contribution is 5.20. The van der Waals surface area contributed by atoms with E-state index < -0.39 is 6.10 Å². The molecule has 0 radical (unpaired) electrons. The summed E-state index contributed by atoms with van der Waals surface area (Å²) in [6.45, 7) is 4.13. The highest BCUT2D eigenvalue weighted by Gasteiger charge is 2.18. The molecule has 3 atom stereocenters. The number of hydrogen-bond donors (Lipinski definition) is 2. The zero-order valence-corrected chi connectivity index (χ0v) is 11.5. The van der Waals surface area contributed by atoms with Crippen LogP contribution in [-0.4, -0.2) is 11.1 Å². The molecule has 2 aromatic carbocycles. The van der Waals surface area contributed by atoms with Gasteiger partial charge in [-0.1, -0.05) is 60.7 Å². The van der Waals surface area contributed by atoms with Crippen LogP contribution in [-0.2, 0) is 0 Å². The third-order valence-corrected chi connectivity index (χ3v) is 3.43. The second-order valence-electron chi connectivity index (χ2n) is 4.94. The van der Waals surface area contributed by atoms with Gasteiger partial charge in [0.2, 0.25) is 0 Å². The molecule has 100 valence electrons. The van der Waals surface area contributed by atoms with E-state index in [1.54, 1.807) is 0 Å². The summed E-state index contributed by atoms with van der Waals surface area (Å²) in [5.74, 6) is 0. The molecule has 2 heteroatoms. The van der Waals surface area contributed by atoms with E-state index in [0.29, 0.717) is 0 Å². The summed E-state index contributed by atoms with van der Waals surface area (Å²) < 4.78 is 0. The smallest absolute Gasteiger partial charge is 0.0940 e.